The number of Topliss-reactive ketones (excluding diaryl/α,β-unsaturated/α-hetero) is 1. The maximum absolute atomic E-state index is 14.2. The van der Waals surface area contributed by atoms with Crippen molar-refractivity contribution < 1.29 is 27.5 Å². The molecule has 0 saturated heterocycles. The van der Waals surface area contributed by atoms with E-state index in [-0.39, 0.29) is 30.2 Å². The Kier molecular flexibility index (Phi) is 9.07. The van der Waals surface area contributed by atoms with Gasteiger partial charge >= 0.3 is 12.1 Å². The smallest absolute Gasteiger partial charge is 0.416 e. The number of benzene rings is 5. The van der Waals surface area contributed by atoms with Gasteiger partial charge in [0.2, 0.25) is 5.82 Å². The quantitative estimate of drug-likeness (QED) is 0.122. The minimum Gasteiger partial charge on any atom is -0.458 e. The maximum Gasteiger partial charge on any atom is 0.416 e. The van der Waals surface area contributed by atoms with Gasteiger partial charge in [-0.3, -0.25) is 4.79 Å². The fraction of sp³-hybridized carbons (Fsp3) is 0.214. The van der Waals surface area contributed by atoms with E-state index in [2.05, 4.69) is 11.1 Å². The topological polar surface area (TPSA) is 96.2 Å². The lowest BCUT2D eigenvalue weighted by Crippen LogP contribution is -2.26. The summed E-state index contributed by atoms with van der Waals surface area (Å²) in [6, 6.07) is 27.6. The number of halogens is 3. The van der Waals surface area contributed by atoms with Crippen LogP contribution in [0.25, 0.3) is 32.8 Å². The Morgan fingerprint density at radius 2 is 1.69 bits per heavy atom. The van der Waals surface area contributed by atoms with Crippen LogP contribution in [0.5, 0.6) is 0 Å². The summed E-state index contributed by atoms with van der Waals surface area (Å²) in [5.74, 6) is -2.47. The lowest BCUT2D eigenvalue weighted by atomic mass is 9.68. The van der Waals surface area contributed by atoms with Crippen molar-refractivity contribution >= 4 is 33.3 Å². The summed E-state index contributed by atoms with van der Waals surface area (Å²) in [6.07, 6.45) is -3.07. The number of aryl methyl sites for hydroxylation is 1. The highest BCUT2D eigenvalue weighted by Gasteiger charge is 2.39. The van der Waals surface area contributed by atoms with Crippen molar-refractivity contribution in [2.75, 3.05) is 27.2 Å². The number of nitrogens with zero attached hydrogens (tertiary/aromatic N) is 4. The predicted molar refractivity (Wildman–Crippen MR) is 192 cm³/mol. The molecule has 1 heterocycles. The molecule has 52 heavy (non-hydrogen) atoms. The molecule has 260 valence electrons. The molecule has 2 atom stereocenters. The summed E-state index contributed by atoms with van der Waals surface area (Å²) in [7, 11) is 3.74. The highest BCUT2D eigenvalue weighted by Crippen LogP contribution is 2.51. The minimum absolute atomic E-state index is 0.0114. The predicted octanol–water partition coefficient (Wildman–Crippen LogP) is 8.60. The van der Waals surface area contributed by atoms with Crippen LogP contribution in [0.15, 0.2) is 97.2 Å². The van der Waals surface area contributed by atoms with Crippen molar-refractivity contribution in [3.8, 4) is 17.3 Å². The van der Waals surface area contributed by atoms with Crippen molar-refractivity contribution in [2.45, 2.75) is 31.4 Å². The Morgan fingerprint density at radius 1 is 0.942 bits per heavy atom. The molecule has 0 radical (unpaired) electrons. The number of likely N-dealkylation sites (N-methyl/N-ethyl adjacent to an activating group) is 1. The van der Waals surface area contributed by atoms with Crippen LogP contribution in [0.1, 0.15) is 67.8 Å². The molecular weight excluding hydrogens is 665 g/mol. The summed E-state index contributed by atoms with van der Waals surface area (Å²) in [5.41, 5.74) is 4.08. The third kappa shape index (κ3) is 6.29. The molecule has 0 amide bonds. The van der Waals surface area contributed by atoms with Gasteiger partial charge in [-0.1, -0.05) is 66.7 Å². The largest absolute Gasteiger partial charge is 0.458 e. The average Bonchev–Trinajstić information content (AvgIpc) is 3.14. The van der Waals surface area contributed by atoms with Crippen LogP contribution in [0.3, 0.4) is 0 Å². The van der Waals surface area contributed by atoms with Gasteiger partial charge in [-0.05, 0) is 94.6 Å². The first-order valence-electron chi connectivity index (χ1n) is 16.8. The van der Waals surface area contributed by atoms with Crippen LogP contribution in [0, 0.1) is 18.3 Å². The molecule has 0 fully saturated rings. The number of ether oxygens (including phenoxy) is 1. The fourth-order valence-electron chi connectivity index (χ4n) is 7.35. The molecule has 0 saturated carbocycles. The standard InChI is InChI=1S/C42H33F3N4O3/c1-24-29-9-4-5-10-30(29)31-15-16-32-37(27-7-6-8-28(21-27)42(43,44)45)35(50)22-33(26-13-11-25(23-46)12-14-26)38(32)39(31)36(24)34-17-18-47-40(48-34)41(51)52-20-19-49(2)3/h4-18,21,33,37H,19-20,22H2,1-3H3. The van der Waals surface area contributed by atoms with E-state index in [1.807, 2.05) is 74.4 Å². The number of carbonyl (C=O) groups excluding carboxylic acids is 2. The van der Waals surface area contributed by atoms with Crippen molar-refractivity contribution in [1.82, 2.24) is 14.9 Å². The summed E-state index contributed by atoms with van der Waals surface area (Å²) in [4.78, 5) is 38.2. The van der Waals surface area contributed by atoms with Gasteiger partial charge < -0.3 is 9.64 Å². The number of alkyl halides is 3. The Morgan fingerprint density at radius 3 is 2.40 bits per heavy atom. The average molecular weight is 699 g/mol. The van der Waals surface area contributed by atoms with Gasteiger partial charge in [0.15, 0.2) is 0 Å². The van der Waals surface area contributed by atoms with E-state index in [9.17, 15) is 28.0 Å². The Balaban J connectivity index is 1.54. The van der Waals surface area contributed by atoms with Gasteiger partial charge in [0.1, 0.15) is 12.4 Å². The van der Waals surface area contributed by atoms with Crippen LogP contribution >= 0.6 is 0 Å². The van der Waals surface area contributed by atoms with Crippen LogP contribution in [0.2, 0.25) is 0 Å². The monoisotopic (exact) mass is 698 g/mol. The van der Waals surface area contributed by atoms with Gasteiger partial charge in [0.05, 0.1) is 28.8 Å². The third-order valence-corrected chi connectivity index (χ3v) is 9.77. The molecule has 1 aromatic heterocycles. The minimum atomic E-state index is -4.59. The molecule has 1 aliphatic rings. The van der Waals surface area contributed by atoms with E-state index in [1.54, 1.807) is 24.3 Å². The number of rotatable bonds is 7. The van der Waals surface area contributed by atoms with Gasteiger partial charge in [0, 0.05) is 30.6 Å². The lowest BCUT2D eigenvalue weighted by Gasteiger charge is -2.34. The van der Waals surface area contributed by atoms with Crippen molar-refractivity contribution in [3.05, 3.63) is 142 Å². The molecule has 6 aromatic rings. The normalized spacial score (nSPS) is 15.8. The Labute approximate surface area is 298 Å². The zero-order chi connectivity index (χ0) is 36.7. The molecule has 1 aliphatic carbocycles. The number of carbonyl (C=O) groups is 2. The van der Waals surface area contributed by atoms with Crippen molar-refractivity contribution in [2.24, 2.45) is 0 Å². The second kappa shape index (κ2) is 13.7. The van der Waals surface area contributed by atoms with E-state index < -0.39 is 29.5 Å². The van der Waals surface area contributed by atoms with E-state index in [0.717, 1.165) is 50.4 Å². The number of esters is 1. The summed E-state index contributed by atoms with van der Waals surface area (Å²) in [5, 5.41) is 13.1. The Hall–Kier alpha value is -5.92. The van der Waals surface area contributed by atoms with E-state index in [1.165, 1.54) is 12.3 Å². The molecule has 2 unspecified atom stereocenters. The van der Waals surface area contributed by atoms with Crippen LogP contribution in [-0.2, 0) is 15.7 Å². The van der Waals surface area contributed by atoms with Crippen LogP contribution in [0.4, 0.5) is 13.2 Å². The van der Waals surface area contributed by atoms with Crippen LogP contribution in [-0.4, -0.2) is 53.9 Å². The molecular formula is C42H33F3N4O3. The SMILES string of the molecule is Cc1c(-c2ccnc(C(=O)OCCN(C)C)n2)c2c3c(ccc2c2ccccc12)C(c1cccc(C(F)(F)F)c1)C(=O)CC3c1ccc(C#N)cc1. The zero-order valence-electron chi connectivity index (χ0n) is 28.7. The molecule has 7 rings (SSSR count). The number of hydrogen-bond donors (Lipinski definition) is 0. The molecule has 10 heteroatoms. The fourth-order valence-corrected chi connectivity index (χ4v) is 7.35. The first-order chi connectivity index (χ1) is 25.0. The summed E-state index contributed by atoms with van der Waals surface area (Å²) < 4.78 is 47.3. The molecule has 5 aromatic carbocycles. The van der Waals surface area contributed by atoms with Gasteiger partial charge in [0.25, 0.3) is 0 Å². The zero-order valence-corrected chi connectivity index (χ0v) is 28.7. The van der Waals surface area contributed by atoms with Crippen LogP contribution < -0.4 is 0 Å². The molecule has 0 aliphatic heterocycles. The highest BCUT2D eigenvalue weighted by molar-refractivity contribution is 6.18. The van der Waals surface area contributed by atoms with Gasteiger partial charge in [-0.25, -0.2) is 14.8 Å². The maximum atomic E-state index is 14.2. The van der Waals surface area contributed by atoms with E-state index in [0.29, 0.717) is 28.9 Å². The van der Waals surface area contributed by atoms with E-state index >= 15 is 0 Å². The first kappa shape index (κ1) is 34.5. The number of fused-ring (bicyclic) bond motifs is 5. The summed E-state index contributed by atoms with van der Waals surface area (Å²) >= 11 is 0. The number of hydrogen-bond acceptors (Lipinski definition) is 7. The van der Waals surface area contributed by atoms with Crippen molar-refractivity contribution in [3.63, 3.8) is 0 Å². The molecule has 0 bridgehead atoms. The number of aromatic nitrogens is 2. The molecule has 7 nitrogen and oxygen atoms in total. The molecule has 0 N–H and O–H groups in total. The van der Waals surface area contributed by atoms with Gasteiger partial charge in [-0.2, -0.15) is 18.4 Å². The Bertz CT molecular complexity index is 2420. The second-order valence-corrected chi connectivity index (χ2v) is 13.3. The first-order valence-corrected chi connectivity index (χ1v) is 16.8. The number of nitriles is 1. The summed E-state index contributed by atoms with van der Waals surface area (Å²) in [6.45, 7) is 2.65. The second-order valence-electron chi connectivity index (χ2n) is 13.3. The van der Waals surface area contributed by atoms with Crippen molar-refractivity contribution in [1.29, 1.82) is 5.26 Å². The van der Waals surface area contributed by atoms with Gasteiger partial charge in [-0.15, -0.1) is 0 Å². The molecule has 0 spiro atoms. The number of ketones is 1. The van der Waals surface area contributed by atoms with E-state index in [4.69, 9.17) is 9.72 Å². The third-order valence-electron chi connectivity index (χ3n) is 9.77. The highest BCUT2D eigenvalue weighted by atomic mass is 19.4. The lowest BCUT2D eigenvalue weighted by molar-refractivity contribution is -0.137.